The summed E-state index contributed by atoms with van der Waals surface area (Å²) in [6.45, 7) is -0.361. The lowest BCUT2D eigenvalue weighted by Gasteiger charge is -2.34. The van der Waals surface area contributed by atoms with Crippen LogP contribution in [0.5, 0.6) is 0 Å². The van der Waals surface area contributed by atoms with Crippen LogP contribution < -0.4 is 4.90 Å². The van der Waals surface area contributed by atoms with Gasteiger partial charge in [-0.1, -0.05) is 30.3 Å². The summed E-state index contributed by atoms with van der Waals surface area (Å²) in [5, 5.41) is 8.38. The largest absolute Gasteiger partial charge is 0.478 e. The smallest absolute Gasteiger partial charge is 0.416 e. The molecule has 0 aliphatic carbocycles. The van der Waals surface area contributed by atoms with Crippen molar-refractivity contribution in [3.8, 4) is 0 Å². The fourth-order valence-electron chi connectivity index (χ4n) is 3.69. The summed E-state index contributed by atoms with van der Waals surface area (Å²) >= 11 is 1.21. The molecule has 0 radical (unpaired) electrons. The molecule has 1 heterocycles. The quantitative estimate of drug-likeness (QED) is 0.475. The van der Waals surface area contributed by atoms with Gasteiger partial charge in [0.15, 0.2) is 0 Å². The molecular formula is C24H17F4NO3S. The van der Waals surface area contributed by atoms with E-state index < -0.39 is 34.7 Å². The molecule has 1 atom stereocenters. The Hall–Kier alpha value is -3.33. The van der Waals surface area contributed by atoms with Crippen LogP contribution in [0.15, 0.2) is 71.6 Å². The number of nitrogens with zero attached hydrogens (tertiary/aromatic N) is 1. The van der Waals surface area contributed by atoms with Gasteiger partial charge in [0.1, 0.15) is 5.82 Å². The van der Waals surface area contributed by atoms with Crippen molar-refractivity contribution in [2.24, 2.45) is 0 Å². The Morgan fingerprint density at radius 1 is 1.03 bits per heavy atom. The van der Waals surface area contributed by atoms with Gasteiger partial charge in [-0.2, -0.15) is 13.2 Å². The van der Waals surface area contributed by atoms with Gasteiger partial charge in [0.2, 0.25) is 5.91 Å². The van der Waals surface area contributed by atoms with Crippen molar-refractivity contribution in [2.75, 3.05) is 4.90 Å². The van der Waals surface area contributed by atoms with Gasteiger partial charge in [0.25, 0.3) is 0 Å². The van der Waals surface area contributed by atoms with Crippen LogP contribution >= 0.6 is 11.8 Å². The summed E-state index contributed by atoms with van der Waals surface area (Å²) in [6.07, 6.45) is -4.36. The minimum Gasteiger partial charge on any atom is -0.478 e. The standard InChI is InChI=1S/C24H17F4NO3S/c25-17-9-10-20-19(12-17)29(13-16-3-1-2-4-18(16)24(26,27)28)22(30)21(33-20)11-14-5-7-15(8-6-14)23(31)32/h1-10,12,21H,11,13H2,(H,31,32). The van der Waals surface area contributed by atoms with E-state index in [0.717, 1.165) is 12.1 Å². The number of carboxylic acid groups (broad SMARTS) is 1. The molecule has 9 heteroatoms. The number of fused-ring (bicyclic) bond motifs is 1. The number of thioether (sulfide) groups is 1. The minimum absolute atomic E-state index is 0.0926. The van der Waals surface area contributed by atoms with Gasteiger partial charge >= 0.3 is 12.1 Å². The summed E-state index contributed by atoms with van der Waals surface area (Å²) in [4.78, 5) is 26.2. The molecule has 1 N–H and O–H groups in total. The van der Waals surface area contributed by atoms with E-state index in [1.807, 2.05) is 0 Å². The Balaban J connectivity index is 1.68. The lowest BCUT2D eigenvalue weighted by Crippen LogP contribution is -2.41. The second kappa shape index (κ2) is 8.90. The fraction of sp³-hybridized carbons (Fsp3) is 0.167. The van der Waals surface area contributed by atoms with Gasteiger partial charge in [-0.3, -0.25) is 4.79 Å². The number of anilines is 1. The lowest BCUT2D eigenvalue weighted by atomic mass is 10.0. The number of carbonyl (C=O) groups is 2. The highest BCUT2D eigenvalue weighted by Gasteiger charge is 2.37. The lowest BCUT2D eigenvalue weighted by molar-refractivity contribution is -0.138. The number of alkyl halides is 3. The Bertz CT molecular complexity index is 1210. The zero-order valence-electron chi connectivity index (χ0n) is 17.0. The SMILES string of the molecule is O=C(O)c1ccc(CC2Sc3ccc(F)cc3N(Cc3ccccc3C(F)(F)F)C2=O)cc1. The molecule has 4 rings (SSSR count). The first-order chi connectivity index (χ1) is 15.6. The van der Waals surface area contributed by atoms with Gasteiger partial charge in [-0.25, -0.2) is 9.18 Å². The van der Waals surface area contributed by atoms with E-state index in [-0.39, 0.29) is 29.8 Å². The van der Waals surface area contributed by atoms with E-state index in [0.29, 0.717) is 10.5 Å². The van der Waals surface area contributed by atoms with E-state index >= 15 is 0 Å². The average Bonchev–Trinajstić information content (AvgIpc) is 2.77. The number of halogens is 4. The van der Waals surface area contributed by atoms with Crippen molar-refractivity contribution in [1.29, 1.82) is 0 Å². The van der Waals surface area contributed by atoms with Gasteiger partial charge < -0.3 is 10.0 Å². The fourth-order valence-corrected chi connectivity index (χ4v) is 4.94. The summed E-state index contributed by atoms with van der Waals surface area (Å²) in [5.74, 6) is -2.12. The molecule has 0 fully saturated rings. The topological polar surface area (TPSA) is 57.6 Å². The molecular weight excluding hydrogens is 458 g/mol. The Labute approximate surface area is 190 Å². The second-order valence-electron chi connectivity index (χ2n) is 7.50. The van der Waals surface area contributed by atoms with Crippen LogP contribution in [0.3, 0.4) is 0 Å². The number of aromatic carboxylic acids is 1. The molecule has 0 saturated heterocycles. The average molecular weight is 475 g/mol. The molecule has 3 aromatic rings. The van der Waals surface area contributed by atoms with E-state index in [4.69, 9.17) is 5.11 Å². The predicted molar refractivity (Wildman–Crippen MR) is 116 cm³/mol. The number of carbonyl (C=O) groups excluding carboxylic acids is 1. The first-order valence-corrected chi connectivity index (χ1v) is 10.8. The van der Waals surface area contributed by atoms with Crippen molar-refractivity contribution < 1.29 is 32.3 Å². The maximum atomic E-state index is 14.0. The van der Waals surface area contributed by atoms with E-state index in [1.54, 1.807) is 12.1 Å². The Morgan fingerprint density at radius 2 is 1.73 bits per heavy atom. The third kappa shape index (κ3) is 4.88. The monoisotopic (exact) mass is 475 g/mol. The molecule has 3 aromatic carbocycles. The van der Waals surface area contributed by atoms with Crippen molar-refractivity contribution >= 4 is 29.3 Å². The molecule has 1 aliphatic heterocycles. The van der Waals surface area contributed by atoms with E-state index in [9.17, 15) is 27.2 Å². The number of rotatable bonds is 5. The zero-order chi connectivity index (χ0) is 23.8. The minimum atomic E-state index is -4.60. The molecule has 1 unspecified atom stereocenters. The Morgan fingerprint density at radius 3 is 2.39 bits per heavy atom. The van der Waals surface area contributed by atoms with Gasteiger partial charge in [0, 0.05) is 4.90 Å². The maximum absolute atomic E-state index is 14.0. The van der Waals surface area contributed by atoms with Gasteiger partial charge in [-0.05, 0) is 53.9 Å². The second-order valence-corrected chi connectivity index (χ2v) is 8.75. The number of hydrogen-bond donors (Lipinski definition) is 1. The van der Waals surface area contributed by atoms with Crippen LogP contribution in [0, 0.1) is 5.82 Å². The van der Waals surface area contributed by atoms with Crippen LogP contribution in [0.1, 0.15) is 27.0 Å². The van der Waals surface area contributed by atoms with Crippen molar-refractivity contribution in [1.82, 2.24) is 0 Å². The van der Waals surface area contributed by atoms with Crippen molar-refractivity contribution in [3.05, 3.63) is 94.8 Å². The molecule has 1 aliphatic rings. The van der Waals surface area contributed by atoms with Crippen LogP contribution in [-0.4, -0.2) is 22.2 Å². The van der Waals surface area contributed by atoms with Crippen LogP contribution in [0.25, 0.3) is 0 Å². The third-order valence-electron chi connectivity index (χ3n) is 5.30. The highest BCUT2D eigenvalue weighted by molar-refractivity contribution is 8.01. The molecule has 170 valence electrons. The zero-order valence-corrected chi connectivity index (χ0v) is 17.8. The summed E-state index contributed by atoms with van der Waals surface area (Å²) in [5.41, 5.74) is 0.0823. The van der Waals surface area contributed by atoms with Crippen LogP contribution in [0.2, 0.25) is 0 Å². The number of benzene rings is 3. The van der Waals surface area contributed by atoms with Gasteiger partial charge in [-0.15, -0.1) is 11.8 Å². The summed E-state index contributed by atoms with van der Waals surface area (Å²) < 4.78 is 54.5. The molecule has 0 aromatic heterocycles. The molecule has 1 amide bonds. The van der Waals surface area contributed by atoms with Gasteiger partial charge in [0.05, 0.1) is 28.6 Å². The van der Waals surface area contributed by atoms with Crippen molar-refractivity contribution in [3.63, 3.8) is 0 Å². The predicted octanol–water partition coefficient (Wildman–Crippen LogP) is 5.79. The number of amides is 1. The molecule has 0 saturated carbocycles. The summed E-state index contributed by atoms with van der Waals surface area (Å²) in [6, 6.07) is 14.9. The van der Waals surface area contributed by atoms with Crippen LogP contribution in [0.4, 0.5) is 23.2 Å². The van der Waals surface area contributed by atoms with Crippen molar-refractivity contribution in [2.45, 2.75) is 29.3 Å². The van der Waals surface area contributed by atoms with E-state index in [2.05, 4.69) is 0 Å². The van der Waals surface area contributed by atoms with Crippen LogP contribution in [-0.2, 0) is 23.9 Å². The summed E-state index contributed by atoms with van der Waals surface area (Å²) in [7, 11) is 0. The normalized spacial score (nSPS) is 15.9. The highest BCUT2D eigenvalue weighted by atomic mass is 32.2. The number of carboxylic acids is 1. The van der Waals surface area contributed by atoms with E-state index in [1.165, 1.54) is 59.1 Å². The third-order valence-corrected chi connectivity index (χ3v) is 6.55. The molecule has 4 nitrogen and oxygen atoms in total. The number of hydrogen-bond acceptors (Lipinski definition) is 3. The maximum Gasteiger partial charge on any atom is 0.416 e. The molecule has 33 heavy (non-hydrogen) atoms. The molecule has 0 bridgehead atoms. The molecule has 0 spiro atoms. The first kappa shape index (κ1) is 22.8. The Kier molecular flexibility index (Phi) is 6.16. The first-order valence-electron chi connectivity index (χ1n) is 9.88. The highest BCUT2D eigenvalue weighted by Crippen LogP contribution is 2.42.